The number of amides is 1. The molecule has 0 saturated carbocycles. The van der Waals surface area contributed by atoms with E-state index in [4.69, 9.17) is 28.8 Å². The van der Waals surface area contributed by atoms with Crippen LogP contribution in [0.25, 0.3) is 0 Å². The molecule has 0 aliphatic carbocycles. The third-order valence-electron chi connectivity index (χ3n) is 8.35. The predicted molar refractivity (Wildman–Crippen MR) is 159 cm³/mol. The molecule has 2 bridgehead atoms. The number of carboxylic acid groups (broad SMARTS) is 1. The van der Waals surface area contributed by atoms with Crippen molar-refractivity contribution in [1.82, 2.24) is 5.32 Å². The van der Waals surface area contributed by atoms with Crippen molar-refractivity contribution in [3.8, 4) is 11.5 Å². The minimum atomic E-state index is -1.22. The lowest BCUT2D eigenvalue weighted by Gasteiger charge is -2.40. The van der Waals surface area contributed by atoms with Gasteiger partial charge in [-0.15, -0.1) is 0 Å². The van der Waals surface area contributed by atoms with E-state index in [0.717, 1.165) is 16.7 Å². The Kier molecular flexibility index (Phi) is 9.51. The summed E-state index contributed by atoms with van der Waals surface area (Å²) < 4.78 is 30.5. The van der Waals surface area contributed by atoms with Gasteiger partial charge in [-0.05, 0) is 53.8 Å². The molecule has 0 unspecified atom stereocenters. The van der Waals surface area contributed by atoms with Gasteiger partial charge in [-0.25, -0.2) is 0 Å². The number of carbonyl (C=O) groups is 3. The van der Waals surface area contributed by atoms with Crippen molar-refractivity contribution in [3.63, 3.8) is 0 Å². The first kappa shape index (κ1) is 31.0. The van der Waals surface area contributed by atoms with Crippen molar-refractivity contribution in [1.29, 1.82) is 0 Å². The topological polar surface area (TPSA) is 130 Å². The molecule has 0 spiro atoms. The molecule has 10 nitrogen and oxygen atoms in total. The zero-order valence-corrected chi connectivity index (χ0v) is 24.9. The summed E-state index contributed by atoms with van der Waals surface area (Å²) in [4.78, 5) is 36.9. The second-order valence-corrected chi connectivity index (χ2v) is 10.9. The molecule has 3 aromatic rings. The van der Waals surface area contributed by atoms with Crippen LogP contribution in [0.5, 0.6) is 11.5 Å². The Morgan fingerprint density at radius 2 is 1.32 bits per heavy atom. The number of methoxy groups -OCH3 is 2. The van der Waals surface area contributed by atoms with Gasteiger partial charge in [0.2, 0.25) is 5.91 Å². The van der Waals surface area contributed by atoms with Gasteiger partial charge >= 0.3 is 11.9 Å². The van der Waals surface area contributed by atoms with Gasteiger partial charge in [-0.3, -0.25) is 14.4 Å². The summed E-state index contributed by atoms with van der Waals surface area (Å²) in [5, 5.41) is 11.9. The van der Waals surface area contributed by atoms with Gasteiger partial charge in [0, 0.05) is 13.0 Å². The molecule has 2 aliphatic heterocycles. The van der Waals surface area contributed by atoms with Gasteiger partial charge in [0.05, 0.1) is 39.3 Å². The molecule has 10 heteroatoms. The fourth-order valence-corrected chi connectivity index (χ4v) is 6.20. The van der Waals surface area contributed by atoms with Gasteiger partial charge in [0.15, 0.2) is 6.10 Å². The molecular formula is C34H37NO9. The second-order valence-electron chi connectivity index (χ2n) is 10.9. The minimum absolute atomic E-state index is 0.125. The summed E-state index contributed by atoms with van der Waals surface area (Å²) in [6, 6.07) is 24.9. The Morgan fingerprint density at radius 1 is 0.795 bits per heavy atom. The van der Waals surface area contributed by atoms with Crippen LogP contribution >= 0.6 is 0 Å². The third-order valence-corrected chi connectivity index (χ3v) is 8.35. The van der Waals surface area contributed by atoms with Gasteiger partial charge in [-0.2, -0.15) is 0 Å². The molecule has 0 aromatic heterocycles. The molecule has 2 N–H and O–H groups in total. The van der Waals surface area contributed by atoms with Crippen molar-refractivity contribution in [2.45, 2.75) is 55.7 Å². The van der Waals surface area contributed by atoms with Crippen LogP contribution in [0, 0.1) is 5.92 Å². The van der Waals surface area contributed by atoms with Crippen LogP contribution in [0.1, 0.15) is 42.4 Å². The summed E-state index contributed by atoms with van der Waals surface area (Å²) in [6.07, 6.45) is -2.84. The van der Waals surface area contributed by atoms with Crippen LogP contribution in [0.15, 0.2) is 78.9 Å². The molecule has 2 heterocycles. The fourth-order valence-electron chi connectivity index (χ4n) is 6.20. The van der Waals surface area contributed by atoms with Crippen molar-refractivity contribution in [3.05, 3.63) is 95.6 Å². The van der Waals surface area contributed by atoms with Crippen LogP contribution < -0.4 is 14.8 Å². The Bertz CT molecular complexity index is 1390. The number of esters is 1. The average molecular weight is 604 g/mol. The Labute approximate surface area is 256 Å². The lowest BCUT2D eigenvalue weighted by Crippen LogP contribution is -2.45. The number of ether oxygens (including phenoxy) is 5. The smallest absolute Gasteiger partial charge is 0.306 e. The lowest BCUT2D eigenvalue weighted by atomic mass is 9.79. The number of carboxylic acids is 1. The molecule has 0 radical (unpaired) electrons. The second kappa shape index (κ2) is 13.5. The maximum atomic E-state index is 12.9. The standard InChI is InChI=1S/C34H37NO9/c1-35-33(39)21-19-27-31(43-30(38)18-17-29(36)37)32(28(20-21)42-27)44-34(22-7-5-4-6-8-22,23-9-13-25(40-2)14-10-23)24-11-15-26(41-3)16-12-24/h4-16,21,27-28,31-32H,17-20H2,1-3H3,(H,35,39)(H,36,37)/t21-,27+,28-,31+,32-/m0/s1. The van der Waals surface area contributed by atoms with Crippen LogP contribution in [-0.2, 0) is 34.2 Å². The Morgan fingerprint density at radius 3 is 1.82 bits per heavy atom. The summed E-state index contributed by atoms with van der Waals surface area (Å²) in [6.45, 7) is 0. The van der Waals surface area contributed by atoms with Crippen LogP contribution in [0.4, 0.5) is 0 Å². The lowest BCUT2D eigenvalue weighted by molar-refractivity contribution is -0.164. The van der Waals surface area contributed by atoms with Crippen LogP contribution in [0.2, 0.25) is 0 Å². The number of nitrogens with one attached hydrogen (secondary N) is 1. The summed E-state index contributed by atoms with van der Waals surface area (Å²) in [5.74, 6) is -0.922. The van der Waals surface area contributed by atoms with Crippen molar-refractivity contribution in [2.75, 3.05) is 21.3 Å². The highest BCUT2D eigenvalue weighted by molar-refractivity contribution is 5.79. The molecule has 5 atom stereocenters. The number of aliphatic carboxylic acids is 1. The maximum Gasteiger partial charge on any atom is 0.306 e. The predicted octanol–water partition coefficient (Wildman–Crippen LogP) is 4.08. The van der Waals surface area contributed by atoms with Crippen LogP contribution in [0.3, 0.4) is 0 Å². The van der Waals surface area contributed by atoms with E-state index in [1.165, 1.54) is 0 Å². The van der Waals surface area contributed by atoms with E-state index in [1.54, 1.807) is 21.3 Å². The monoisotopic (exact) mass is 603 g/mol. The van der Waals surface area contributed by atoms with Gasteiger partial charge < -0.3 is 34.1 Å². The van der Waals surface area contributed by atoms with Crippen molar-refractivity contribution < 1.29 is 43.2 Å². The summed E-state index contributed by atoms with van der Waals surface area (Å²) in [7, 11) is 4.79. The molecule has 44 heavy (non-hydrogen) atoms. The third kappa shape index (κ3) is 6.27. The zero-order chi connectivity index (χ0) is 31.3. The van der Waals surface area contributed by atoms with Crippen molar-refractivity contribution >= 4 is 17.8 Å². The SMILES string of the molecule is CNC(=O)[C@@H]1C[C@@H]2O[C@H](C1)[C@@H](OC(=O)CCC(=O)O)[C@H]2OC(c1ccccc1)(c1ccc(OC)cc1)c1ccc(OC)cc1. The van der Waals surface area contributed by atoms with E-state index < -0.39 is 42.0 Å². The van der Waals surface area contributed by atoms with E-state index in [2.05, 4.69) is 5.32 Å². The van der Waals surface area contributed by atoms with Gasteiger partial charge in [-0.1, -0.05) is 54.6 Å². The molecule has 232 valence electrons. The normalized spacial score (nSPS) is 22.6. The first-order valence-corrected chi connectivity index (χ1v) is 14.6. The quantitative estimate of drug-likeness (QED) is 0.232. The summed E-state index contributed by atoms with van der Waals surface area (Å²) >= 11 is 0. The first-order valence-electron chi connectivity index (χ1n) is 14.6. The number of rotatable bonds is 12. The minimum Gasteiger partial charge on any atom is -0.497 e. The number of hydrogen-bond donors (Lipinski definition) is 2. The zero-order valence-electron chi connectivity index (χ0n) is 24.9. The van der Waals surface area contributed by atoms with Gasteiger partial charge in [0.25, 0.3) is 0 Å². The number of fused-ring (bicyclic) bond motifs is 2. The van der Waals surface area contributed by atoms with E-state index in [0.29, 0.717) is 24.3 Å². The number of benzene rings is 3. The van der Waals surface area contributed by atoms with E-state index in [1.807, 2.05) is 78.9 Å². The highest BCUT2D eigenvalue weighted by Gasteiger charge is 2.56. The van der Waals surface area contributed by atoms with E-state index >= 15 is 0 Å². The molecule has 5 rings (SSSR count). The average Bonchev–Trinajstić information content (AvgIpc) is 3.29. The Balaban J connectivity index is 1.65. The highest BCUT2D eigenvalue weighted by Crippen LogP contribution is 2.48. The highest BCUT2D eigenvalue weighted by atomic mass is 16.6. The molecule has 2 aliphatic rings. The largest absolute Gasteiger partial charge is 0.497 e. The summed E-state index contributed by atoms with van der Waals surface area (Å²) in [5.41, 5.74) is 1.17. The maximum absolute atomic E-state index is 12.9. The first-order chi connectivity index (χ1) is 21.3. The van der Waals surface area contributed by atoms with Crippen molar-refractivity contribution in [2.24, 2.45) is 5.92 Å². The molecule has 2 saturated heterocycles. The molecule has 2 fully saturated rings. The van der Waals surface area contributed by atoms with Crippen LogP contribution in [-0.4, -0.2) is 68.6 Å². The fraction of sp³-hybridized carbons (Fsp3) is 0.382. The Hall–Kier alpha value is -4.41. The van der Waals surface area contributed by atoms with E-state index in [9.17, 15) is 14.4 Å². The number of carbonyl (C=O) groups excluding carboxylic acids is 2. The molecule has 1 amide bonds. The molecular weight excluding hydrogens is 566 g/mol. The molecule has 3 aromatic carbocycles. The van der Waals surface area contributed by atoms with E-state index in [-0.39, 0.29) is 24.7 Å². The number of hydrogen-bond acceptors (Lipinski definition) is 8. The van der Waals surface area contributed by atoms with Gasteiger partial charge in [0.1, 0.15) is 23.2 Å².